The molecule has 1 aliphatic rings. The third kappa shape index (κ3) is 4.89. The summed E-state index contributed by atoms with van der Waals surface area (Å²) in [5.74, 6) is -3.37. The molecule has 8 nitrogen and oxygen atoms in total. The Balaban J connectivity index is 2.01. The van der Waals surface area contributed by atoms with Crippen LogP contribution in [0.1, 0.15) is 37.8 Å². The maximum atomic E-state index is 13.2. The molecule has 1 saturated heterocycles. The number of benzene rings is 2. The van der Waals surface area contributed by atoms with Crippen LogP contribution in [-0.4, -0.2) is 61.8 Å². The Labute approximate surface area is 200 Å². The number of hydrogen-bond acceptors (Lipinski definition) is 5. The van der Waals surface area contributed by atoms with E-state index in [1.807, 2.05) is 0 Å². The number of alkyl halides is 1. The second kappa shape index (κ2) is 9.52. The molecule has 3 atom stereocenters. The summed E-state index contributed by atoms with van der Waals surface area (Å²) in [6, 6.07) is 15.5. The number of likely N-dealkylation sites (tertiary alicyclic amines) is 1. The van der Waals surface area contributed by atoms with Crippen LogP contribution in [0.25, 0.3) is 0 Å². The van der Waals surface area contributed by atoms with Crippen molar-refractivity contribution >= 4 is 33.9 Å². The molecule has 33 heavy (non-hydrogen) atoms. The highest BCUT2D eigenvalue weighted by Gasteiger charge is 2.63. The summed E-state index contributed by atoms with van der Waals surface area (Å²) < 4.78 is 5.22. The normalized spacial score (nSPS) is 20.1. The Hall–Kier alpha value is -2.91. The Morgan fingerprint density at radius 2 is 1.55 bits per heavy atom. The van der Waals surface area contributed by atoms with Crippen molar-refractivity contribution in [3.05, 3.63) is 71.8 Å². The second-order valence-electron chi connectivity index (χ2n) is 8.84. The number of carbonyl (C=O) groups is 3. The zero-order valence-corrected chi connectivity index (χ0v) is 20.2. The second-order valence-corrected chi connectivity index (χ2v) is 9.49. The average molecular weight is 519 g/mol. The van der Waals surface area contributed by atoms with Crippen molar-refractivity contribution in [2.75, 3.05) is 5.33 Å². The fourth-order valence-corrected chi connectivity index (χ4v) is 4.69. The molecule has 3 rings (SSSR count). The molecular weight excluding hydrogens is 492 g/mol. The first-order valence-corrected chi connectivity index (χ1v) is 11.6. The predicted octanol–water partition coefficient (Wildman–Crippen LogP) is 3.09. The van der Waals surface area contributed by atoms with E-state index in [1.165, 1.54) is 0 Å². The molecule has 1 heterocycles. The Morgan fingerprint density at radius 1 is 1.06 bits per heavy atom. The standard InChI is InChI=1S/C24H27BrN2O6/c1-23(2,3)33-22(31)26-19-17(14-25)27(20(19)28)24(32,21(29)30)18(15-10-6-4-7-11-15)16-12-8-5-9-13-16/h4-13,17-19,32H,14H2,1-3H3,(H,26,31)(H,29,30). The van der Waals surface area contributed by atoms with E-state index in [1.54, 1.807) is 81.4 Å². The molecule has 3 N–H and O–H groups in total. The lowest BCUT2D eigenvalue weighted by Gasteiger charge is -2.54. The van der Waals surface area contributed by atoms with Crippen molar-refractivity contribution in [2.45, 2.75) is 50.1 Å². The monoisotopic (exact) mass is 518 g/mol. The van der Waals surface area contributed by atoms with Gasteiger partial charge in [-0.05, 0) is 31.9 Å². The minimum absolute atomic E-state index is 0.130. The van der Waals surface area contributed by atoms with Crippen LogP contribution in [0, 0.1) is 0 Å². The molecule has 2 aromatic rings. The maximum absolute atomic E-state index is 13.2. The lowest BCUT2D eigenvalue weighted by Crippen LogP contribution is -2.80. The van der Waals surface area contributed by atoms with E-state index in [-0.39, 0.29) is 5.33 Å². The van der Waals surface area contributed by atoms with E-state index in [0.717, 1.165) is 4.90 Å². The van der Waals surface area contributed by atoms with Gasteiger partial charge in [0.05, 0.1) is 12.0 Å². The molecule has 0 aliphatic carbocycles. The van der Waals surface area contributed by atoms with Gasteiger partial charge < -0.3 is 20.3 Å². The van der Waals surface area contributed by atoms with E-state index < -0.39 is 47.3 Å². The van der Waals surface area contributed by atoms with Crippen LogP contribution < -0.4 is 5.32 Å². The minimum Gasteiger partial charge on any atom is -0.478 e. The number of ether oxygens (including phenoxy) is 1. The van der Waals surface area contributed by atoms with E-state index in [9.17, 15) is 24.6 Å². The van der Waals surface area contributed by atoms with Gasteiger partial charge in [-0.15, -0.1) is 0 Å². The molecule has 0 spiro atoms. The SMILES string of the molecule is CC(C)(C)OC(=O)NC1C(=O)N(C(O)(C(=O)O)C(c2ccccc2)c2ccccc2)C1CBr. The number of halogens is 1. The summed E-state index contributed by atoms with van der Waals surface area (Å²) in [6.07, 6.45) is -0.798. The van der Waals surface area contributed by atoms with Crippen molar-refractivity contribution in [3.63, 3.8) is 0 Å². The first-order valence-electron chi connectivity index (χ1n) is 10.4. The predicted molar refractivity (Wildman–Crippen MR) is 125 cm³/mol. The number of alkyl carbamates (subject to hydrolysis) is 1. The molecule has 0 radical (unpaired) electrons. The Kier molecular flexibility index (Phi) is 7.14. The van der Waals surface area contributed by atoms with Gasteiger partial charge in [0, 0.05) is 5.33 Å². The number of amides is 2. The van der Waals surface area contributed by atoms with E-state index in [0.29, 0.717) is 11.1 Å². The van der Waals surface area contributed by atoms with Crippen LogP contribution in [0.3, 0.4) is 0 Å². The van der Waals surface area contributed by atoms with Crippen molar-refractivity contribution in [3.8, 4) is 0 Å². The van der Waals surface area contributed by atoms with Gasteiger partial charge in [-0.1, -0.05) is 76.6 Å². The van der Waals surface area contributed by atoms with Crippen molar-refractivity contribution in [1.82, 2.24) is 10.2 Å². The topological polar surface area (TPSA) is 116 Å². The molecule has 2 amide bonds. The molecule has 1 aliphatic heterocycles. The number of aliphatic carboxylic acids is 1. The molecule has 1 fully saturated rings. The van der Waals surface area contributed by atoms with Crippen LogP contribution in [0.15, 0.2) is 60.7 Å². The third-order valence-electron chi connectivity index (χ3n) is 5.40. The largest absolute Gasteiger partial charge is 0.478 e. The van der Waals surface area contributed by atoms with E-state index in [4.69, 9.17) is 4.74 Å². The number of nitrogens with zero attached hydrogens (tertiary/aromatic N) is 1. The van der Waals surface area contributed by atoms with Gasteiger partial charge in [0.1, 0.15) is 11.6 Å². The summed E-state index contributed by atoms with van der Waals surface area (Å²) in [7, 11) is 0. The number of nitrogens with one attached hydrogen (secondary N) is 1. The molecule has 3 unspecified atom stereocenters. The van der Waals surface area contributed by atoms with Gasteiger partial charge in [-0.25, -0.2) is 9.59 Å². The molecule has 9 heteroatoms. The van der Waals surface area contributed by atoms with Crippen LogP contribution in [0.5, 0.6) is 0 Å². The minimum atomic E-state index is -2.61. The Bertz CT molecular complexity index is 971. The van der Waals surface area contributed by atoms with Crippen LogP contribution in [0.4, 0.5) is 4.79 Å². The summed E-state index contributed by atoms with van der Waals surface area (Å²) >= 11 is 3.30. The summed E-state index contributed by atoms with van der Waals surface area (Å²) in [4.78, 5) is 38.9. The number of rotatable bonds is 7. The van der Waals surface area contributed by atoms with Crippen LogP contribution in [0.2, 0.25) is 0 Å². The fourth-order valence-electron chi connectivity index (χ4n) is 4.03. The molecule has 2 aromatic carbocycles. The number of carboxylic acid groups (broad SMARTS) is 1. The van der Waals surface area contributed by atoms with Gasteiger partial charge in [-0.2, -0.15) is 0 Å². The van der Waals surface area contributed by atoms with E-state index in [2.05, 4.69) is 21.2 Å². The molecule has 0 bridgehead atoms. The van der Waals surface area contributed by atoms with E-state index >= 15 is 0 Å². The summed E-state index contributed by atoms with van der Waals surface area (Å²) in [5.41, 5.74) is -2.32. The average Bonchev–Trinajstić information content (AvgIpc) is 2.75. The lowest BCUT2D eigenvalue weighted by atomic mass is 9.78. The smallest absolute Gasteiger partial charge is 0.408 e. The number of aliphatic hydroxyl groups is 1. The molecular formula is C24H27BrN2O6. The maximum Gasteiger partial charge on any atom is 0.408 e. The molecule has 0 aromatic heterocycles. The molecule has 176 valence electrons. The first-order chi connectivity index (χ1) is 15.5. The van der Waals surface area contributed by atoms with Crippen molar-refractivity contribution in [1.29, 1.82) is 0 Å². The fraction of sp³-hybridized carbons (Fsp3) is 0.375. The highest BCUT2D eigenvalue weighted by molar-refractivity contribution is 9.09. The van der Waals surface area contributed by atoms with Crippen molar-refractivity contribution < 1.29 is 29.3 Å². The number of hydrogen-bond donors (Lipinski definition) is 3. The highest BCUT2D eigenvalue weighted by atomic mass is 79.9. The van der Waals surface area contributed by atoms with Gasteiger partial charge in [0.15, 0.2) is 0 Å². The van der Waals surface area contributed by atoms with Gasteiger partial charge in [0.2, 0.25) is 0 Å². The third-order valence-corrected chi connectivity index (χ3v) is 6.06. The summed E-state index contributed by atoms with van der Waals surface area (Å²) in [5, 5.41) is 24.6. The highest BCUT2D eigenvalue weighted by Crippen LogP contribution is 2.43. The number of carbonyl (C=O) groups excluding carboxylic acids is 2. The van der Waals surface area contributed by atoms with Crippen molar-refractivity contribution in [2.24, 2.45) is 0 Å². The number of β-lactam (4-membered cyclic amide) rings is 1. The first kappa shape index (κ1) is 24.7. The zero-order chi connectivity index (χ0) is 24.4. The summed E-state index contributed by atoms with van der Waals surface area (Å²) in [6.45, 7) is 5.07. The Morgan fingerprint density at radius 3 is 1.94 bits per heavy atom. The number of carboxylic acids is 1. The van der Waals surface area contributed by atoms with Gasteiger partial charge in [0.25, 0.3) is 11.6 Å². The van der Waals surface area contributed by atoms with Crippen LogP contribution >= 0.6 is 15.9 Å². The lowest BCUT2D eigenvalue weighted by molar-refractivity contribution is -0.212. The van der Waals surface area contributed by atoms with Gasteiger partial charge >= 0.3 is 12.1 Å². The quantitative estimate of drug-likeness (QED) is 0.383. The zero-order valence-electron chi connectivity index (χ0n) is 18.6. The molecule has 0 saturated carbocycles. The van der Waals surface area contributed by atoms with Gasteiger partial charge in [-0.3, -0.25) is 9.69 Å². The van der Waals surface area contributed by atoms with Crippen LogP contribution in [-0.2, 0) is 14.3 Å².